The maximum absolute atomic E-state index is 5.13. The van der Waals surface area contributed by atoms with Crippen LogP contribution in [0.5, 0.6) is 5.75 Å². The molecule has 0 unspecified atom stereocenters. The van der Waals surface area contributed by atoms with Gasteiger partial charge in [-0.05, 0) is 17.7 Å². The molecule has 2 rings (SSSR count). The van der Waals surface area contributed by atoms with Crippen molar-refractivity contribution in [3.8, 4) is 5.75 Å². The van der Waals surface area contributed by atoms with Crippen molar-refractivity contribution in [2.24, 2.45) is 0 Å². The molecule has 1 aromatic rings. The Bertz CT molecular complexity index is 280. The van der Waals surface area contributed by atoms with Gasteiger partial charge in [-0.2, -0.15) is 11.8 Å². The average molecular weight is 209 g/mol. The molecular formula is C11H15NOS. The first kappa shape index (κ1) is 9.87. The number of rotatable bonds is 2. The lowest BCUT2D eigenvalue weighted by molar-refractivity contribution is 0.414. The molecule has 0 radical (unpaired) electrons. The first-order valence-corrected chi connectivity index (χ1v) is 6.00. The zero-order chi connectivity index (χ0) is 9.80. The first-order valence-electron chi connectivity index (χ1n) is 4.85. The summed E-state index contributed by atoms with van der Waals surface area (Å²) < 4.78 is 5.13. The minimum absolute atomic E-state index is 0.514. The van der Waals surface area contributed by atoms with Gasteiger partial charge in [-0.15, -0.1) is 0 Å². The van der Waals surface area contributed by atoms with Crippen molar-refractivity contribution in [3.05, 3.63) is 29.8 Å². The number of hydrogen-bond donors (Lipinski definition) is 1. The fraction of sp³-hybridized carbons (Fsp3) is 0.455. The normalized spacial score (nSPS) is 21.9. The quantitative estimate of drug-likeness (QED) is 0.805. The maximum Gasteiger partial charge on any atom is 0.118 e. The van der Waals surface area contributed by atoms with E-state index in [2.05, 4.69) is 17.4 Å². The van der Waals surface area contributed by atoms with Gasteiger partial charge in [0.1, 0.15) is 5.75 Å². The Labute approximate surface area is 89.0 Å². The smallest absolute Gasteiger partial charge is 0.118 e. The van der Waals surface area contributed by atoms with Gasteiger partial charge in [0.2, 0.25) is 0 Å². The van der Waals surface area contributed by atoms with Crippen LogP contribution in [0.2, 0.25) is 0 Å². The number of thioether (sulfide) groups is 1. The molecule has 0 aliphatic carbocycles. The third kappa shape index (κ3) is 2.22. The second-order valence-electron chi connectivity index (χ2n) is 3.35. The van der Waals surface area contributed by atoms with E-state index in [0.29, 0.717) is 6.04 Å². The van der Waals surface area contributed by atoms with Gasteiger partial charge in [-0.1, -0.05) is 12.1 Å². The van der Waals surface area contributed by atoms with Crippen LogP contribution in [0, 0.1) is 0 Å². The lowest BCUT2D eigenvalue weighted by atomic mass is 10.1. The number of benzene rings is 1. The molecule has 1 aromatic carbocycles. The van der Waals surface area contributed by atoms with Crippen LogP contribution in [0.3, 0.4) is 0 Å². The highest BCUT2D eigenvalue weighted by Crippen LogP contribution is 2.23. The monoisotopic (exact) mass is 209 g/mol. The van der Waals surface area contributed by atoms with E-state index in [1.807, 2.05) is 23.9 Å². The molecule has 0 amide bonds. The molecule has 0 aromatic heterocycles. The van der Waals surface area contributed by atoms with Gasteiger partial charge in [-0.25, -0.2) is 0 Å². The molecule has 1 saturated heterocycles. The number of hydrogen-bond acceptors (Lipinski definition) is 3. The van der Waals surface area contributed by atoms with Gasteiger partial charge in [0.05, 0.1) is 7.11 Å². The van der Waals surface area contributed by atoms with Crippen LogP contribution < -0.4 is 10.1 Å². The lowest BCUT2D eigenvalue weighted by Crippen LogP contribution is -2.30. The number of ether oxygens (including phenoxy) is 1. The Hall–Kier alpha value is -0.670. The van der Waals surface area contributed by atoms with Crippen LogP contribution >= 0.6 is 11.8 Å². The summed E-state index contributed by atoms with van der Waals surface area (Å²) in [6.07, 6.45) is 0. The standard InChI is InChI=1S/C11H15NOS/c1-13-10-4-2-9(3-5-10)11-8-14-7-6-12-11/h2-5,11-12H,6-8H2,1H3/t11-/m1/s1. The summed E-state index contributed by atoms with van der Waals surface area (Å²) >= 11 is 2.01. The Morgan fingerprint density at radius 3 is 2.71 bits per heavy atom. The van der Waals surface area contributed by atoms with Crippen molar-refractivity contribution in [1.82, 2.24) is 5.32 Å². The van der Waals surface area contributed by atoms with Gasteiger partial charge < -0.3 is 10.1 Å². The molecule has 1 aliphatic heterocycles. The van der Waals surface area contributed by atoms with Crippen molar-refractivity contribution >= 4 is 11.8 Å². The van der Waals surface area contributed by atoms with Gasteiger partial charge >= 0.3 is 0 Å². The molecule has 76 valence electrons. The molecule has 14 heavy (non-hydrogen) atoms. The fourth-order valence-corrected chi connectivity index (χ4v) is 2.59. The zero-order valence-electron chi connectivity index (χ0n) is 8.32. The van der Waals surface area contributed by atoms with E-state index >= 15 is 0 Å². The van der Waals surface area contributed by atoms with E-state index < -0.39 is 0 Å². The highest BCUT2D eigenvalue weighted by molar-refractivity contribution is 7.99. The molecule has 1 atom stereocenters. The molecule has 0 saturated carbocycles. The van der Waals surface area contributed by atoms with E-state index in [0.717, 1.165) is 12.3 Å². The summed E-state index contributed by atoms with van der Waals surface area (Å²) in [5.74, 6) is 3.33. The van der Waals surface area contributed by atoms with Crippen molar-refractivity contribution in [2.45, 2.75) is 6.04 Å². The highest BCUT2D eigenvalue weighted by Gasteiger charge is 2.14. The minimum atomic E-state index is 0.514. The Morgan fingerprint density at radius 1 is 1.36 bits per heavy atom. The Morgan fingerprint density at radius 2 is 2.14 bits per heavy atom. The second-order valence-corrected chi connectivity index (χ2v) is 4.50. The van der Waals surface area contributed by atoms with Crippen LogP contribution in [0.15, 0.2) is 24.3 Å². The molecule has 0 spiro atoms. The Balaban J connectivity index is 2.07. The third-order valence-electron chi connectivity index (χ3n) is 2.44. The third-order valence-corrected chi connectivity index (χ3v) is 3.50. The molecule has 2 nitrogen and oxygen atoms in total. The van der Waals surface area contributed by atoms with E-state index in [1.54, 1.807) is 7.11 Å². The number of methoxy groups -OCH3 is 1. The molecular weight excluding hydrogens is 194 g/mol. The molecule has 1 N–H and O–H groups in total. The van der Waals surface area contributed by atoms with E-state index in [4.69, 9.17) is 4.74 Å². The van der Waals surface area contributed by atoms with E-state index in [9.17, 15) is 0 Å². The van der Waals surface area contributed by atoms with Crippen molar-refractivity contribution in [2.75, 3.05) is 25.2 Å². The number of nitrogens with one attached hydrogen (secondary N) is 1. The van der Waals surface area contributed by atoms with Gasteiger partial charge in [-0.3, -0.25) is 0 Å². The molecule has 1 fully saturated rings. The summed E-state index contributed by atoms with van der Waals surface area (Å²) in [7, 11) is 1.70. The largest absolute Gasteiger partial charge is 0.497 e. The first-order chi connectivity index (χ1) is 6.90. The van der Waals surface area contributed by atoms with Gasteiger partial charge in [0, 0.05) is 24.1 Å². The van der Waals surface area contributed by atoms with Crippen molar-refractivity contribution in [3.63, 3.8) is 0 Å². The molecule has 1 aliphatic rings. The van der Waals surface area contributed by atoms with Gasteiger partial charge in [0.15, 0.2) is 0 Å². The Kier molecular flexibility index (Phi) is 3.32. The van der Waals surface area contributed by atoms with Crippen LogP contribution in [0.25, 0.3) is 0 Å². The van der Waals surface area contributed by atoms with E-state index in [1.165, 1.54) is 17.1 Å². The van der Waals surface area contributed by atoms with Crippen LogP contribution in [-0.4, -0.2) is 25.2 Å². The molecule has 0 bridgehead atoms. The lowest BCUT2D eigenvalue weighted by Gasteiger charge is -2.23. The molecule has 3 heteroatoms. The van der Waals surface area contributed by atoms with Crippen molar-refractivity contribution < 1.29 is 4.74 Å². The van der Waals surface area contributed by atoms with Crippen LogP contribution in [-0.2, 0) is 0 Å². The summed E-state index contributed by atoms with van der Waals surface area (Å²) in [5.41, 5.74) is 1.36. The summed E-state index contributed by atoms with van der Waals surface area (Å²) in [6.45, 7) is 1.11. The topological polar surface area (TPSA) is 21.3 Å². The van der Waals surface area contributed by atoms with Crippen LogP contribution in [0.4, 0.5) is 0 Å². The average Bonchev–Trinajstić information content (AvgIpc) is 2.30. The summed E-state index contributed by atoms with van der Waals surface area (Å²) in [5, 5.41) is 3.51. The summed E-state index contributed by atoms with van der Waals surface area (Å²) in [6, 6.07) is 8.84. The second kappa shape index (κ2) is 4.71. The molecule has 1 heterocycles. The predicted molar refractivity (Wildman–Crippen MR) is 61.1 cm³/mol. The maximum atomic E-state index is 5.13. The van der Waals surface area contributed by atoms with Gasteiger partial charge in [0.25, 0.3) is 0 Å². The van der Waals surface area contributed by atoms with Crippen LogP contribution in [0.1, 0.15) is 11.6 Å². The van der Waals surface area contributed by atoms with E-state index in [-0.39, 0.29) is 0 Å². The zero-order valence-corrected chi connectivity index (χ0v) is 9.14. The SMILES string of the molecule is COc1ccc([C@H]2CSCCN2)cc1. The fourth-order valence-electron chi connectivity index (χ4n) is 1.62. The summed E-state index contributed by atoms with van der Waals surface area (Å²) in [4.78, 5) is 0. The highest BCUT2D eigenvalue weighted by atomic mass is 32.2. The minimum Gasteiger partial charge on any atom is -0.497 e. The predicted octanol–water partition coefficient (Wildman–Crippen LogP) is 2.07. The van der Waals surface area contributed by atoms with Crippen molar-refractivity contribution in [1.29, 1.82) is 0 Å².